The number of carbonyl (C=O) groups excluding carboxylic acids is 1. The van der Waals surface area contributed by atoms with Gasteiger partial charge >= 0.3 is 0 Å². The van der Waals surface area contributed by atoms with Gasteiger partial charge in [0, 0.05) is 23.9 Å². The van der Waals surface area contributed by atoms with Crippen LogP contribution in [0.2, 0.25) is 0 Å². The number of aliphatic hydroxyl groups excluding tert-OH is 1. The molecule has 0 spiro atoms. The zero-order chi connectivity index (χ0) is 12.7. The normalized spacial score (nSPS) is 32.9. The molecule has 0 unspecified atom stereocenters. The van der Waals surface area contributed by atoms with Crippen molar-refractivity contribution in [3.63, 3.8) is 0 Å². The van der Waals surface area contributed by atoms with Crippen LogP contribution in [0.1, 0.15) is 39.5 Å². The lowest BCUT2D eigenvalue weighted by Gasteiger charge is -2.34. The summed E-state index contributed by atoms with van der Waals surface area (Å²) < 4.78 is 0. The highest BCUT2D eigenvalue weighted by atomic mass is 35.5. The monoisotopic (exact) mass is 259 g/mol. The van der Waals surface area contributed by atoms with E-state index in [2.05, 4.69) is 0 Å². The molecule has 1 saturated carbocycles. The van der Waals surface area contributed by atoms with E-state index in [-0.39, 0.29) is 24.0 Å². The maximum Gasteiger partial charge on any atom is 0.229 e. The van der Waals surface area contributed by atoms with Gasteiger partial charge in [-0.1, -0.05) is 6.42 Å². The lowest BCUT2D eigenvalue weighted by Crippen LogP contribution is -2.47. The Bertz CT molecular complexity index is 319. The second kappa shape index (κ2) is 4.43. The Balaban J connectivity index is 2.17. The Morgan fingerprint density at radius 3 is 2.82 bits per heavy atom. The van der Waals surface area contributed by atoms with Gasteiger partial charge in [0.15, 0.2) is 0 Å². The van der Waals surface area contributed by atoms with Crippen LogP contribution >= 0.6 is 11.6 Å². The standard InChI is InChI=1S/C13H22ClNO2/c1-12(2,8-14)11(17)15-7-6-13(9-16)5-3-4-10(13)15/h10,16H,3-9H2,1-2H3/t10-,13-/m1/s1. The van der Waals surface area contributed by atoms with Crippen molar-refractivity contribution in [1.82, 2.24) is 4.90 Å². The quantitative estimate of drug-likeness (QED) is 0.788. The van der Waals surface area contributed by atoms with Crippen LogP contribution in [0.25, 0.3) is 0 Å². The highest BCUT2D eigenvalue weighted by Gasteiger charge is 2.52. The van der Waals surface area contributed by atoms with E-state index in [9.17, 15) is 9.90 Å². The average Bonchev–Trinajstić information content (AvgIpc) is 2.86. The summed E-state index contributed by atoms with van der Waals surface area (Å²) in [5.74, 6) is 0.496. The number of rotatable bonds is 3. The predicted octanol–water partition coefficient (Wildman–Crippen LogP) is 2.01. The second-order valence-electron chi connectivity index (χ2n) is 6.19. The second-order valence-corrected chi connectivity index (χ2v) is 6.46. The number of alkyl halides is 1. The summed E-state index contributed by atoms with van der Waals surface area (Å²) in [7, 11) is 0. The van der Waals surface area contributed by atoms with E-state index in [0.717, 1.165) is 32.2 Å². The van der Waals surface area contributed by atoms with Crippen LogP contribution in [-0.4, -0.2) is 41.0 Å². The Labute approximate surface area is 108 Å². The molecule has 2 atom stereocenters. The third-order valence-corrected chi connectivity index (χ3v) is 5.24. The van der Waals surface area contributed by atoms with Crippen molar-refractivity contribution >= 4 is 17.5 Å². The SMILES string of the molecule is CC(C)(CCl)C(=O)N1CC[C@@]2(CO)CCC[C@@H]12. The van der Waals surface area contributed by atoms with Crippen molar-refractivity contribution in [3.8, 4) is 0 Å². The molecule has 98 valence electrons. The maximum atomic E-state index is 12.5. The van der Waals surface area contributed by atoms with Crippen molar-refractivity contribution in [2.45, 2.75) is 45.6 Å². The minimum absolute atomic E-state index is 0.0158. The molecule has 0 aromatic heterocycles. The van der Waals surface area contributed by atoms with Gasteiger partial charge < -0.3 is 10.0 Å². The molecule has 1 N–H and O–H groups in total. The Hall–Kier alpha value is -0.280. The lowest BCUT2D eigenvalue weighted by molar-refractivity contribution is -0.141. The minimum Gasteiger partial charge on any atom is -0.396 e. The van der Waals surface area contributed by atoms with Crippen molar-refractivity contribution in [3.05, 3.63) is 0 Å². The molecular weight excluding hydrogens is 238 g/mol. The molecule has 2 fully saturated rings. The first-order chi connectivity index (χ1) is 7.97. The molecule has 1 amide bonds. The Kier molecular flexibility index (Phi) is 3.43. The van der Waals surface area contributed by atoms with Crippen LogP contribution in [0, 0.1) is 10.8 Å². The van der Waals surface area contributed by atoms with Crippen molar-refractivity contribution in [2.24, 2.45) is 10.8 Å². The summed E-state index contributed by atoms with van der Waals surface area (Å²) in [5.41, 5.74) is -0.506. The molecule has 3 nitrogen and oxygen atoms in total. The van der Waals surface area contributed by atoms with Crippen LogP contribution in [0.3, 0.4) is 0 Å². The molecule has 2 aliphatic rings. The molecular formula is C13H22ClNO2. The molecule has 1 aliphatic carbocycles. The first-order valence-electron chi connectivity index (χ1n) is 6.45. The van der Waals surface area contributed by atoms with E-state index < -0.39 is 5.41 Å². The largest absolute Gasteiger partial charge is 0.396 e. The van der Waals surface area contributed by atoms with Crippen LogP contribution in [-0.2, 0) is 4.79 Å². The third kappa shape index (κ3) is 1.97. The zero-order valence-electron chi connectivity index (χ0n) is 10.7. The Morgan fingerprint density at radius 2 is 2.24 bits per heavy atom. The van der Waals surface area contributed by atoms with E-state index in [0.29, 0.717) is 5.88 Å². The fourth-order valence-electron chi connectivity index (χ4n) is 3.35. The first-order valence-corrected chi connectivity index (χ1v) is 6.98. The number of hydrogen-bond acceptors (Lipinski definition) is 2. The van der Waals surface area contributed by atoms with Crippen LogP contribution in [0.5, 0.6) is 0 Å². The molecule has 1 heterocycles. The number of nitrogens with zero attached hydrogens (tertiary/aromatic N) is 1. The number of aliphatic hydroxyl groups is 1. The maximum absolute atomic E-state index is 12.5. The Morgan fingerprint density at radius 1 is 1.53 bits per heavy atom. The van der Waals surface area contributed by atoms with E-state index in [4.69, 9.17) is 11.6 Å². The summed E-state index contributed by atoms with van der Waals surface area (Å²) >= 11 is 5.88. The van der Waals surface area contributed by atoms with Gasteiger partial charge in [-0.15, -0.1) is 11.6 Å². The minimum atomic E-state index is -0.490. The van der Waals surface area contributed by atoms with Gasteiger partial charge in [0.2, 0.25) is 5.91 Å². The summed E-state index contributed by atoms with van der Waals surface area (Å²) in [5, 5.41) is 9.62. The van der Waals surface area contributed by atoms with Crippen LogP contribution in [0.4, 0.5) is 0 Å². The number of fused-ring (bicyclic) bond motifs is 1. The predicted molar refractivity (Wildman–Crippen MR) is 68.0 cm³/mol. The van der Waals surface area contributed by atoms with Crippen molar-refractivity contribution in [1.29, 1.82) is 0 Å². The average molecular weight is 260 g/mol. The fourth-order valence-corrected chi connectivity index (χ4v) is 3.46. The van der Waals surface area contributed by atoms with E-state index in [1.54, 1.807) is 0 Å². The molecule has 1 aliphatic heterocycles. The first kappa shape index (κ1) is 13.2. The number of hydrogen-bond donors (Lipinski definition) is 1. The summed E-state index contributed by atoms with van der Waals surface area (Å²) in [4.78, 5) is 14.4. The third-order valence-electron chi connectivity index (χ3n) is 4.57. The molecule has 2 rings (SSSR count). The molecule has 17 heavy (non-hydrogen) atoms. The highest BCUT2D eigenvalue weighted by Crippen LogP contribution is 2.49. The number of likely N-dealkylation sites (tertiary alicyclic amines) is 1. The molecule has 1 saturated heterocycles. The van der Waals surface area contributed by atoms with Gasteiger partial charge in [0.1, 0.15) is 0 Å². The highest BCUT2D eigenvalue weighted by molar-refractivity contribution is 6.19. The lowest BCUT2D eigenvalue weighted by atomic mass is 9.83. The van der Waals surface area contributed by atoms with E-state index >= 15 is 0 Å². The molecule has 0 aromatic carbocycles. The van der Waals surface area contributed by atoms with Crippen LogP contribution < -0.4 is 0 Å². The topological polar surface area (TPSA) is 40.5 Å². The molecule has 0 aromatic rings. The van der Waals surface area contributed by atoms with E-state index in [1.165, 1.54) is 0 Å². The summed E-state index contributed by atoms with van der Waals surface area (Å²) in [6.45, 7) is 4.79. The molecule has 0 radical (unpaired) electrons. The van der Waals surface area contributed by atoms with Gasteiger partial charge in [-0.2, -0.15) is 0 Å². The van der Waals surface area contributed by atoms with Crippen LogP contribution in [0.15, 0.2) is 0 Å². The summed E-state index contributed by atoms with van der Waals surface area (Å²) in [6.07, 6.45) is 4.15. The van der Waals surface area contributed by atoms with Gasteiger partial charge in [0.05, 0.1) is 12.0 Å². The fraction of sp³-hybridized carbons (Fsp3) is 0.923. The van der Waals surface area contributed by atoms with Crippen molar-refractivity contribution in [2.75, 3.05) is 19.0 Å². The van der Waals surface area contributed by atoms with Gasteiger partial charge in [0.25, 0.3) is 0 Å². The number of halogens is 1. The zero-order valence-corrected chi connectivity index (χ0v) is 11.5. The number of carbonyl (C=O) groups is 1. The van der Waals surface area contributed by atoms with Crippen molar-refractivity contribution < 1.29 is 9.90 Å². The van der Waals surface area contributed by atoms with Gasteiger partial charge in [-0.05, 0) is 33.1 Å². The van der Waals surface area contributed by atoms with E-state index in [1.807, 2.05) is 18.7 Å². The van der Waals surface area contributed by atoms with Gasteiger partial charge in [-0.25, -0.2) is 0 Å². The number of amides is 1. The molecule has 4 heteroatoms. The molecule has 0 bridgehead atoms. The smallest absolute Gasteiger partial charge is 0.229 e. The van der Waals surface area contributed by atoms with Gasteiger partial charge in [-0.3, -0.25) is 4.79 Å². The summed E-state index contributed by atoms with van der Waals surface area (Å²) in [6, 6.07) is 0.238.